The van der Waals surface area contributed by atoms with E-state index in [9.17, 15) is 9.18 Å². The minimum absolute atomic E-state index is 0.0122. The van der Waals surface area contributed by atoms with Crippen molar-refractivity contribution in [2.75, 3.05) is 5.32 Å². The average molecular weight is 364 g/mol. The van der Waals surface area contributed by atoms with E-state index in [0.717, 1.165) is 11.5 Å². The number of hydrogen-bond donors (Lipinski definition) is 1. The molecule has 0 unspecified atom stereocenters. The highest BCUT2D eigenvalue weighted by atomic mass is 19.1. The van der Waals surface area contributed by atoms with Crippen molar-refractivity contribution >= 4 is 11.7 Å². The van der Waals surface area contributed by atoms with Crippen LogP contribution in [0.3, 0.4) is 0 Å². The number of aryl methyl sites for hydroxylation is 1. The first-order valence-electron chi connectivity index (χ1n) is 8.85. The zero-order chi connectivity index (χ0) is 18.5. The number of furan rings is 1. The maximum atomic E-state index is 13.9. The van der Waals surface area contributed by atoms with E-state index in [4.69, 9.17) is 4.42 Å². The van der Waals surface area contributed by atoms with Crippen molar-refractivity contribution in [3.63, 3.8) is 0 Å². The van der Waals surface area contributed by atoms with Crippen molar-refractivity contribution in [2.24, 2.45) is 0 Å². The van der Waals surface area contributed by atoms with E-state index in [2.05, 4.69) is 15.4 Å². The van der Waals surface area contributed by atoms with E-state index in [0.29, 0.717) is 35.8 Å². The van der Waals surface area contributed by atoms with Gasteiger partial charge in [-0.05, 0) is 43.2 Å². The van der Waals surface area contributed by atoms with Crippen LogP contribution < -0.4 is 5.32 Å². The molecule has 7 heteroatoms. The van der Waals surface area contributed by atoms with Gasteiger partial charge < -0.3 is 9.73 Å². The number of hydrogen-bond acceptors (Lipinski definition) is 5. The van der Waals surface area contributed by atoms with Crippen molar-refractivity contribution in [2.45, 2.75) is 31.7 Å². The normalized spacial score (nSPS) is 21.6. The molecule has 1 aliphatic heterocycles. The maximum absolute atomic E-state index is 13.9. The van der Waals surface area contributed by atoms with E-state index in [1.54, 1.807) is 23.9 Å². The average Bonchev–Trinajstić information content (AvgIpc) is 3.28. The lowest BCUT2D eigenvalue weighted by molar-refractivity contribution is -0.117. The van der Waals surface area contributed by atoms with Crippen LogP contribution in [0.4, 0.5) is 10.3 Å². The summed E-state index contributed by atoms with van der Waals surface area (Å²) < 4.78 is 21.1. The summed E-state index contributed by atoms with van der Waals surface area (Å²) in [5.74, 6) is 1.59. The second-order valence-electron chi connectivity index (χ2n) is 6.95. The molecule has 2 aromatic heterocycles. The molecule has 0 radical (unpaired) electrons. The van der Waals surface area contributed by atoms with Crippen molar-refractivity contribution in [1.29, 1.82) is 0 Å². The Hall–Kier alpha value is -3.22. The van der Waals surface area contributed by atoms with Crippen LogP contribution in [0.1, 0.15) is 41.9 Å². The number of aromatic nitrogens is 3. The van der Waals surface area contributed by atoms with Gasteiger partial charge in [-0.1, -0.05) is 12.1 Å². The van der Waals surface area contributed by atoms with Crippen molar-refractivity contribution in [3.8, 4) is 0 Å². The third-order valence-corrected chi connectivity index (χ3v) is 5.14. The molecule has 2 aliphatic rings. The fraction of sp³-hybridized carbons (Fsp3) is 0.250. The van der Waals surface area contributed by atoms with E-state index in [1.807, 2.05) is 18.2 Å². The molecule has 0 fully saturated rings. The van der Waals surface area contributed by atoms with E-state index in [-0.39, 0.29) is 17.5 Å². The van der Waals surface area contributed by atoms with Gasteiger partial charge in [-0.2, -0.15) is 10.1 Å². The van der Waals surface area contributed by atoms with Gasteiger partial charge in [0.25, 0.3) is 0 Å². The summed E-state index contributed by atoms with van der Waals surface area (Å²) in [4.78, 5) is 17.6. The Kier molecular flexibility index (Phi) is 3.50. The van der Waals surface area contributed by atoms with Crippen LogP contribution in [0.25, 0.3) is 0 Å². The van der Waals surface area contributed by atoms with Gasteiger partial charge in [0.1, 0.15) is 23.4 Å². The number of anilines is 1. The Morgan fingerprint density at radius 3 is 2.93 bits per heavy atom. The highest BCUT2D eigenvalue weighted by Crippen LogP contribution is 2.44. The van der Waals surface area contributed by atoms with Crippen LogP contribution in [0.15, 0.2) is 58.3 Å². The van der Waals surface area contributed by atoms with Crippen LogP contribution in [0.2, 0.25) is 0 Å². The molecule has 5 rings (SSSR count). The van der Waals surface area contributed by atoms with Crippen LogP contribution in [0.5, 0.6) is 0 Å². The molecule has 6 nitrogen and oxygen atoms in total. The topological polar surface area (TPSA) is 73.0 Å². The van der Waals surface area contributed by atoms with Crippen LogP contribution >= 0.6 is 0 Å². The molecular weight excluding hydrogens is 347 g/mol. The summed E-state index contributed by atoms with van der Waals surface area (Å²) in [6, 6.07) is 9.54. The third-order valence-electron chi connectivity index (χ3n) is 5.14. The Morgan fingerprint density at radius 1 is 1.26 bits per heavy atom. The third kappa shape index (κ3) is 2.58. The number of halogens is 1. The molecule has 0 amide bonds. The predicted octanol–water partition coefficient (Wildman–Crippen LogP) is 3.73. The molecule has 136 valence electrons. The van der Waals surface area contributed by atoms with Gasteiger partial charge in [-0.25, -0.2) is 9.07 Å². The van der Waals surface area contributed by atoms with Gasteiger partial charge in [0, 0.05) is 23.6 Å². The largest absolute Gasteiger partial charge is 0.469 e. The second-order valence-corrected chi connectivity index (χ2v) is 6.95. The first-order chi connectivity index (χ1) is 13.1. The second kappa shape index (κ2) is 5.90. The SMILES string of the molecule is Cc1nc2n(n1)[C@@H](c1cccc(F)c1)C1=C(C[C@@H](c3ccco3)CC1=O)N2. The lowest BCUT2D eigenvalue weighted by Crippen LogP contribution is -2.33. The molecule has 0 saturated heterocycles. The van der Waals surface area contributed by atoms with Gasteiger partial charge >= 0.3 is 0 Å². The molecule has 3 heterocycles. The number of nitrogens with zero attached hydrogens (tertiary/aromatic N) is 3. The summed E-state index contributed by atoms with van der Waals surface area (Å²) in [5, 5.41) is 7.72. The van der Waals surface area contributed by atoms with E-state index in [1.165, 1.54) is 12.1 Å². The fourth-order valence-electron chi connectivity index (χ4n) is 4.03. The van der Waals surface area contributed by atoms with Crippen molar-refractivity contribution in [1.82, 2.24) is 14.8 Å². The monoisotopic (exact) mass is 364 g/mol. The summed E-state index contributed by atoms with van der Waals surface area (Å²) in [6.45, 7) is 1.79. The minimum atomic E-state index is -0.488. The van der Waals surface area contributed by atoms with Crippen LogP contribution in [0, 0.1) is 12.7 Å². The number of carbonyl (C=O) groups excluding carboxylic acids is 1. The molecular formula is C20H17FN4O2. The number of ketones is 1. The maximum Gasteiger partial charge on any atom is 0.226 e. The number of fused-ring (bicyclic) bond motifs is 1. The Labute approximate surface area is 154 Å². The van der Waals surface area contributed by atoms with E-state index < -0.39 is 6.04 Å². The molecule has 0 spiro atoms. The zero-order valence-corrected chi connectivity index (χ0v) is 14.6. The Balaban J connectivity index is 1.65. The minimum Gasteiger partial charge on any atom is -0.469 e. The molecule has 1 aliphatic carbocycles. The summed E-state index contributed by atoms with van der Waals surface area (Å²) >= 11 is 0. The molecule has 1 N–H and O–H groups in total. The molecule has 1 aromatic carbocycles. The summed E-state index contributed by atoms with van der Waals surface area (Å²) in [5.41, 5.74) is 2.11. The van der Waals surface area contributed by atoms with Crippen molar-refractivity contribution in [3.05, 3.63) is 76.9 Å². The van der Waals surface area contributed by atoms with Gasteiger partial charge in [-0.15, -0.1) is 0 Å². The van der Waals surface area contributed by atoms with Gasteiger partial charge in [0.05, 0.1) is 6.26 Å². The number of benzene rings is 1. The highest BCUT2D eigenvalue weighted by Gasteiger charge is 2.40. The molecule has 0 bridgehead atoms. The number of nitrogens with one attached hydrogen (secondary N) is 1. The van der Waals surface area contributed by atoms with Gasteiger partial charge in [0.2, 0.25) is 5.95 Å². The standard InChI is InChI=1S/C20H17FN4O2/c1-11-22-20-23-15-9-13(17-6-3-7-27-17)10-16(26)18(15)19(25(20)24-11)12-4-2-5-14(21)8-12/h2-8,13,19H,9-10H2,1H3,(H,22,23,24)/t13-,19+/m1/s1. The number of allylic oxidation sites excluding steroid dienone is 2. The zero-order valence-electron chi connectivity index (χ0n) is 14.6. The summed E-state index contributed by atoms with van der Waals surface area (Å²) in [7, 11) is 0. The number of carbonyl (C=O) groups is 1. The highest BCUT2D eigenvalue weighted by molar-refractivity contribution is 6.00. The van der Waals surface area contributed by atoms with Crippen LogP contribution in [-0.2, 0) is 4.79 Å². The predicted molar refractivity (Wildman–Crippen MR) is 95.6 cm³/mol. The van der Waals surface area contributed by atoms with E-state index >= 15 is 0 Å². The summed E-state index contributed by atoms with van der Waals surface area (Å²) in [6.07, 6.45) is 2.60. The molecule has 27 heavy (non-hydrogen) atoms. The van der Waals surface area contributed by atoms with Gasteiger partial charge in [-0.3, -0.25) is 4.79 Å². The first-order valence-corrected chi connectivity index (χ1v) is 8.85. The lowest BCUT2D eigenvalue weighted by Gasteiger charge is -2.34. The lowest BCUT2D eigenvalue weighted by atomic mass is 9.79. The Bertz CT molecular complexity index is 1070. The Morgan fingerprint density at radius 2 is 2.15 bits per heavy atom. The molecule has 2 atom stereocenters. The van der Waals surface area contributed by atoms with Crippen LogP contribution in [-0.4, -0.2) is 20.5 Å². The molecule has 3 aromatic rings. The molecule has 0 saturated carbocycles. The number of Topliss-reactive ketones (excluding diaryl/α,β-unsaturated/α-hetero) is 1. The first kappa shape index (κ1) is 16.0. The quantitative estimate of drug-likeness (QED) is 0.750. The van der Waals surface area contributed by atoms with Crippen molar-refractivity contribution < 1.29 is 13.6 Å². The van der Waals surface area contributed by atoms with Gasteiger partial charge in [0.15, 0.2) is 5.78 Å². The number of rotatable bonds is 2. The fourth-order valence-corrected chi connectivity index (χ4v) is 4.03. The smallest absolute Gasteiger partial charge is 0.226 e.